The summed E-state index contributed by atoms with van der Waals surface area (Å²) in [6, 6.07) is 9.85. The Morgan fingerprint density at radius 1 is 1.03 bits per heavy atom. The van der Waals surface area contributed by atoms with Crippen molar-refractivity contribution in [1.82, 2.24) is 10.2 Å². The van der Waals surface area contributed by atoms with E-state index in [-0.39, 0.29) is 24.1 Å². The van der Waals surface area contributed by atoms with Gasteiger partial charge in [-0.05, 0) is 48.7 Å². The number of halogens is 4. The summed E-state index contributed by atoms with van der Waals surface area (Å²) in [5.74, 6) is 0.408. The normalized spacial score (nSPS) is 11.8. The van der Waals surface area contributed by atoms with Crippen molar-refractivity contribution in [3.8, 4) is 0 Å². The third-order valence-corrected chi connectivity index (χ3v) is 6.84. The Bertz CT molecular complexity index is 926. The van der Waals surface area contributed by atoms with Gasteiger partial charge in [-0.25, -0.2) is 0 Å². The van der Waals surface area contributed by atoms with Crippen molar-refractivity contribution >= 4 is 70.0 Å². The molecule has 2 rings (SSSR count). The van der Waals surface area contributed by atoms with Crippen LogP contribution in [-0.2, 0) is 21.9 Å². The van der Waals surface area contributed by atoms with E-state index in [1.165, 1.54) is 11.8 Å². The zero-order valence-electron chi connectivity index (χ0n) is 17.3. The highest BCUT2D eigenvalue weighted by Gasteiger charge is 2.26. The van der Waals surface area contributed by atoms with Gasteiger partial charge < -0.3 is 10.2 Å². The van der Waals surface area contributed by atoms with E-state index in [2.05, 4.69) is 5.32 Å². The topological polar surface area (TPSA) is 49.4 Å². The number of benzene rings is 2. The van der Waals surface area contributed by atoms with E-state index in [1.807, 2.05) is 13.0 Å². The number of hydrogen-bond acceptors (Lipinski definition) is 3. The monoisotopic (exact) mass is 520 g/mol. The highest BCUT2D eigenvalue weighted by molar-refractivity contribution is 7.99. The summed E-state index contributed by atoms with van der Waals surface area (Å²) in [7, 11) is 0. The van der Waals surface area contributed by atoms with Crippen LogP contribution >= 0.6 is 58.2 Å². The molecule has 168 valence electrons. The van der Waals surface area contributed by atoms with Gasteiger partial charge in [-0.1, -0.05) is 65.5 Å². The molecule has 0 unspecified atom stereocenters. The number of thioether (sulfide) groups is 1. The standard InChI is InChI=1S/C22H24Cl4N2O2S/c1-3-8-27-22(30)14(2)28(11-15-4-7-18(24)20(26)9-15)21(29)13-31-12-16-5-6-17(23)10-19(16)25/h4-7,9-10,14H,3,8,11-13H2,1-2H3,(H,27,30)/t14-/m1/s1. The van der Waals surface area contributed by atoms with Gasteiger partial charge in [0.25, 0.3) is 0 Å². The third kappa shape index (κ3) is 8.07. The van der Waals surface area contributed by atoms with Crippen molar-refractivity contribution in [2.45, 2.75) is 38.6 Å². The zero-order valence-corrected chi connectivity index (χ0v) is 21.1. The van der Waals surface area contributed by atoms with Crippen LogP contribution < -0.4 is 5.32 Å². The van der Waals surface area contributed by atoms with Gasteiger partial charge >= 0.3 is 0 Å². The summed E-state index contributed by atoms with van der Waals surface area (Å²) in [6.45, 7) is 4.50. The molecule has 2 aromatic carbocycles. The zero-order chi connectivity index (χ0) is 23.0. The molecule has 0 heterocycles. The fourth-order valence-electron chi connectivity index (χ4n) is 2.78. The number of rotatable bonds is 10. The molecule has 31 heavy (non-hydrogen) atoms. The van der Waals surface area contributed by atoms with Crippen molar-refractivity contribution in [2.75, 3.05) is 12.3 Å². The first-order valence-corrected chi connectivity index (χ1v) is 12.4. The first kappa shape index (κ1) is 26.1. The summed E-state index contributed by atoms with van der Waals surface area (Å²) in [5.41, 5.74) is 1.69. The van der Waals surface area contributed by atoms with Gasteiger partial charge in [0.2, 0.25) is 11.8 Å². The Balaban J connectivity index is 2.10. The number of carbonyl (C=O) groups excluding carboxylic acids is 2. The molecule has 2 aromatic rings. The second-order valence-corrected chi connectivity index (χ2v) is 9.61. The Labute approximate surface area is 207 Å². The minimum absolute atomic E-state index is 0.152. The van der Waals surface area contributed by atoms with Crippen LogP contribution in [-0.4, -0.2) is 35.1 Å². The van der Waals surface area contributed by atoms with E-state index in [1.54, 1.807) is 42.2 Å². The van der Waals surface area contributed by atoms with Crippen LogP contribution in [0.1, 0.15) is 31.4 Å². The molecular weight excluding hydrogens is 498 g/mol. The Hall–Kier alpha value is -1.11. The van der Waals surface area contributed by atoms with Crippen molar-refractivity contribution in [1.29, 1.82) is 0 Å². The highest BCUT2D eigenvalue weighted by Crippen LogP contribution is 2.26. The van der Waals surface area contributed by atoms with Crippen molar-refractivity contribution in [3.05, 3.63) is 67.6 Å². The predicted octanol–water partition coefficient (Wildman–Crippen LogP) is 6.48. The number of nitrogens with one attached hydrogen (secondary N) is 1. The van der Waals surface area contributed by atoms with Crippen LogP contribution in [0.5, 0.6) is 0 Å². The maximum Gasteiger partial charge on any atom is 0.242 e. The maximum absolute atomic E-state index is 13.1. The molecule has 1 atom stereocenters. The van der Waals surface area contributed by atoms with Gasteiger partial charge in [-0.3, -0.25) is 9.59 Å². The van der Waals surface area contributed by atoms with E-state index >= 15 is 0 Å². The molecule has 0 saturated carbocycles. The van der Waals surface area contributed by atoms with Gasteiger partial charge in [-0.2, -0.15) is 0 Å². The Morgan fingerprint density at radius 2 is 1.77 bits per heavy atom. The second kappa shape index (κ2) is 12.8. The van der Waals surface area contributed by atoms with Crippen LogP contribution in [0.2, 0.25) is 20.1 Å². The molecule has 4 nitrogen and oxygen atoms in total. The van der Waals surface area contributed by atoms with E-state index < -0.39 is 6.04 Å². The molecule has 0 aromatic heterocycles. The Morgan fingerprint density at radius 3 is 2.42 bits per heavy atom. The average molecular weight is 522 g/mol. The molecule has 0 aliphatic heterocycles. The minimum Gasteiger partial charge on any atom is -0.354 e. The summed E-state index contributed by atoms with van der Waals surface area (Å²) in [6.07, 6.45) is 0.816. The number of amides is 2. The lowest BCUT2D eigenvalue weighted by molar-refractivity contribution is -0.138. The smallest absolute Gasteiger partial charge is 0.242 e. The first-order chi connectivity index (χ1) is 14.7. The maximum atomic E-state index is 13.1. The third-order valence-electron chi connectivity index (χ3n) is 4.55. The lowest BCUT2D eigenvalue weighted by Gasteiger charge is -2.29. The molecule has 0 saturated heterocycles. The van der Waals surface area contributed by atoms with Gasteiger partial charge in [0.15, 0.2) is 0 Å². The molecule has 0 aliphatic rings. The van der Waals surface area contributed by atoms with Gasteiger partial charge in [0.1, 0.15) is 6.04 Å². The van der Waals surface area contributed by atoms with Crippen molar-refractivity contribution in [2.24, 2.45) is 0 Å². The van der Waals surface area contributed by atoms with Crippen LogP contribution in [0, 0.1) is 0 Å². The lowest BCUT2D eigenvalue weighted by atomic mass is 10.1. The highest BCUT2D eigenvalue weighted by atomic mass is 35.5. The number of carbonyl (C=O) groups is 2. The van der Waals surface area contributed by atoms with Crippen LogP contribution in [0.4, 0.5) is 0 Å². The van der Waals surface area contributed by atoms with E-state index in [9.17, 15) is 9.59 Å². The fraction of sp³-hybridized carbons (Fsp3) is 0.364. The average Bonchev–Trinajstić information content (AvgIpc) is 2.73. The van der Waals surface area contributed by atoms with Crippen LogP contribution in [0.15, 0.2) is 36.4 Å². The molecule has 0 fully saturated rings. The summed E-state index contributed by atoms with van der Waals surface area (Å²) >= 11 is 25.7. The summed E-state index contributed by atoms with van der Waals surface area (Å²) in [4.78, 5) is 27.2. The Kier molecular flexibility index (Phi) is 10.8. The number of nitrogens with zero attached hydrogens (tertiary/aromatic N) is 1. The molecule has 2 amide bonds. The molecular formula is C22H24Cl4N2O2S. The van der Waals surface area contributed by atoms with E-state index in [0.29, 0.717) is 32.4 Å². The fourth-order valence-corrected chi connectivity index (χ4v) is 4.57. The minimum atomic E-state index is -0.631. The quantitative estimate of drug-likeness (QED) is 0.389. The van der Waals surface area contributed by atoms with Gasteiger partial charge in [0.05, 0.1) is 15.8 Å². The predicted molar refractivity (Wildman–Crippen MR) is 132 cm³/mol. The number of hydrogen-bond donors (Lipinski definition) is 1. The lowest BCUT2D eigenvalue weighted by Crippen LogP contribution is -2.48. The van der Waals surface area contributed by atoms with Crippen molar-refractivity contribution < 1.29 is 9.59 Å². The van der Waals surface area contributed by atoms with Gasteiger partial charge in [0, 0.05) is 28.9 Å². The largest absolute Gasteiger partial charge is 0.354 e. The van der Waals surface area contributed by atoms with E-state index in [0.717, 1.165) is 17.5 Å². The molecule has 1 N–H and O–H groups in total. The molecule has 0 radical (unpaired) electrons. The SMILES string of the molecule is CCCNC(=O)[C@@H](C)N(Cc1ccc(Cl)c(Cl)c1)C(=O)CSCc1ccc(Cl)cc1Cl. The van der Waals surface area contributed by atoms with Crippen LogP contribution in [0.25, 0.3) is 0 Å². The van der Waals surface area contributed by atoms with E-state index in [4.69, 9.17) is 46.4 Å². The molecule has 9 heteroatoms. The molecule has 0 spiro atoms. The molecule has 0 bridgehead atoms. The summed E-state index contributed by atoms with van der Waals surface area (Å²) in [5, 5.41) is 4.82. The first-order valence-electron chi connectivity index (χ1n) is 9.75. The van der Waals surface area contributed by atoms with Crippen LogP contribution in [0.3, 0.4) is 0 Å². The van der Waals surface area contributed by atoms with Crippen molar-refractivity contribution in [3.63, 3.8) is 0 Å². The summed E-state index contributed by atoms with van der Waals surface area (Å²) < 4.78 is 0. The molecule has 0 aliphatic carbocycles. The second-order valence-electron chi connectivity index (χ2n) is 6.97. The van der Waals surface area contributed by atoms with Gasteiger partial charge in [-0.15, -0.1) is 11.8 Å².